The molecule has 3 heterocycles. The van der Waals surface area contributed by atoms with Crippen molar-refractivity contribution < 1.29 is 13.6 Å². The maximum Gasteiger partial charge on any atom is 0.297 e. The van der Waals surface area contributed by atoms with Gasteiger partial charge in [0.15, 0.2) is 10.6 Å². The van der Waals surface area contributed by atoms with E-state index in [0.29, 0.717) is 31.9 Å². The van der Waals surface area contributed by atoms with Crippen molar-refractivity contribution in [2.24, 2.45) is 0 Å². The number of carbonyl (C=O) groups excluding carboxylic acids is 1. The Morgan fingerprint density at radius 1 is 0.970 bits per heavy atom. The summed E-state index contributed by atoms with van der Waals surface area (Å²) >= 11 is 1.21. The smallest absolute Gasteiger partial charge is 0.297 e. The molecule has 0 fully saturated rings. The molecule has 2 aromatic heterocycles. The molecule has 0 radical (unpaired) electrons. The van der Waals surface area contributed by atoms with Gasteiger partial charge in [0.2, 0.25) is 5.76 Å². The fourth-order valence-corrected chi connectivity index (χ4v) is 5.35. The van der Waals surface area contributed by atoms with Crippen LogP contribution in [0.25, 0.3) is 21.2 Å². The largest absolute Gasteiger partial charge is 0.450 e. The van der Waals surface area contributed by atoms with Crippen LogP contribution in [-0.2, 0) is 0 Å². The van der Waals surface area contributed by atoms with E-state index in [9.17, 15) is 14.0 Å². The molecule has 0 unspecified atom stereocenters. The molecule has 0 saturated carbocycles. The Labute approximate surface area is 191 Å². The minimum atomic E-state index is -0.695. The van der Waals surface area contributed by atoms with E-state index < -0.39 is 11.9 Å². The molecular formula is C26H17FN2O3S. The van der Waals surface area contributed by atoms with Crippen molar-refractivity contribution in [3.8, 4) is 0 Å². The summed E-state index contributed by atoms with van der Waals surface area (Å²) in [6, 6.07) is 16.6. The zero-order chi connectivity index (χ0) is 22.9. The molecule has 1 amide bonds. The SMILES string of the molecule is Cc1ccc([C@H]2c3c(oc4ccc(C)cc4c3=O)C(=O)N2c2nc3ccc(F)cc3s2)cc1. The number of amides is 1. The lowest BCUT2D eigenvalue weighted by atomic mass is 9.97. The molecule has 1 aliphatic heterocycles. The number of hydrogen-bond donors (Lipinski definition) is 0. The molecular weight excluding hydrogens is 439 g/mol. The highest BCUT2D eigenvalue weighted by Gasteiger charge is 2.45. The van der Waals surface area contributed by atoms with Crippen LogP contribution >= 0.6 is 11.3 Å². The lowest BCUT2D eigenvalue weighted by Crippen LogP contribution is -2.29. The van der Waals surface area contributed by atoms with Crippen LogP contribution in [0.4, 0.5) is 9.52 Å². The highest BCUT2D eigenvalue weighted by molar-refractivity contribution is 7.22. The van der Waals surface area contributed by atoms with E-state index in [1.165, 1.54) is 28.4 Å². The highest BCUT2D eigenvalue weighted by Crippen LogP contribution is 2.43. The van der Waals surface area contributed by atoms with Crippen molar-refractivity contribution in [3.05, 3.63) is 105 Å². The van der Waals surface area contributed by atoms with Gasteiger partial charge in [-0.3, -0.25) is 14.5 Å². The van der Waals surface area contributed by atoms with Gasteiger partial charge in [-0.1, -0.05) is 52.8 Å². The lowest BCUT2D eigenvalue weighted by molar-refractivity contribution is 0.0971. The summed E-state index contributed by atoms with van der Waals surface area (Å²) in [5.74, 6) is -0.788. The van der Waals surface area contributed by atoms with E-state index in [4.69, 9.17) is 4.42 Å². The van der Waals surface area contributed by atoms with Gasteiger partial charge in [0.05, 0.1) is 27.2 Å². The van der Waals surface area contributed by atoms with Crippen LogP contribution in [0, 0.1) is 19.7 Å². The number of nitrogens with zero attached hydrogens (tertiary/aromatic N) is 2. The van der Waals surface area contributed by atoms with Crippen LogP contribution in [0.5, 0.6) is 0 Å². The average Bonchev–Trinajstić information content (AvgIpc) is 3.33. The summed E-state index contributed by atoms with van der Waals surface area (Å²) < 4.78 is 20.4. The maximum absolute atomic E-state index is 13.8. The van der Waals surface area contributed by atoms with Crippen LogP contribution in [0.3, 0.4) is 0 Å². The van der Waals surface area contributed by atoms with Crippen molar-refractivity contribution in [1.29, 1.82) is 0 Å². The third kappa shape index (κ3) is 3.00. The Balaban J connectivity index is 1.64. The molecule has 5 nitrogen and oxygen atoms in total. The van der Waals surface area contributed by atoms with Gasteiger partial charge in [-0.25, -0.2) is 9.37 Å². The Morgan fingerprint density at radius 3 is 2.52 bits per heavy atom. The summed E-state index contributed by atoms with van der Waals surface area (Å²) in [4.78, 5) is 33.4. The summed E-state index contributed by atoms with van der Waals surface area (Å²) in [6.07, 6.45) is 0. The van der Waals surface area contributed by atoms with Crippen molar-refractivity contribution in [1.82, 2.24) is 4.98 Å². The van der Waals surface area contributed by atoms with Crippen LogP contribution in [0.2, 0.25) is 0 Å². The number of fused-ring (bicyclic) bond motifs is 3. The molecule has 0 saturated heterocycles. The first kappa shape index (κ1) is 19.8. The fraction of sp³-hybridized carbons (Fsp3) is 0.115. The highest BCUT2D eigenvalue weighted by atomic mass is 32.1. The molecule has 5 aromatic rings. The fourth-order valence-electron chi connectivity index (χ4n) is 4.34. The summed E-state index contributed by atoms with van der Waals surface area (Å²) in [7, 11) is 0. The van der Waals surface area contributed by atoms with Crippen molar-refractivity contribution in [2.45, 2.75) is 19.9 Å². The number of carbonyl (C=O) groups is 1. The van der Waals surface area contributed by atoms with E-state index in [2.05, 4.69) is 4.98 Å². The molecule has 162 valence electrons. The van der Waals surface area contributed by atoms with Gasteiger partial charge >= 0.3 is 0 Å². The van der Waals surface area contributed by atoms with Gasteiger partial charge in [-0.2, -0.15) is 0 Å². The summed E-state index contributed by atoms with van der Waals surface area (Å²) in [6.45, 7) is 3.88. The lowest BCUT2D eigenvalue weighted by Gasteiger charge is -2.22. The standard InChI is InChI=1S/C26H17FN2O3S/c1-13-3-6-15(7-4-13)22-21-23(30)17-11-14(2)5-10-19(17)32-24(21)25(31)29(22)26-28-18-9-8-16(27)12-20(18)33-26/h3-12,22H,1-2H3/t22-/m0/s1. The minimum absolute atomic E-state index is 0.0207. The Bertz CT molecular complexity index is 1650. The van der Waals surface area contributed by atoms with Gasteiger partial charge < -0.3 is 4.42 Å². The van der Waals surface area contributed by atoms with E-state index in [1.807, 2.05) is 44.2 Å². The molecule has 3 aromatic carbocycles. The van der Waals surface area contributed by atoms with Gasteiger partial charge in [0.25, 0.3) is 5.91 Å². The number of halogens is 1. The molecule has 0 spiro atoms. The van der Waals surface area contributed by atoms with Crippen molar-refractivity contribution in [3.63, 3.8) is 0 Å². The molecule has 1 aliphatic rings. The molecule has 0 aliphatic carbocycles. The number of thiazole rings is 1. The number of rotatable bonds is 2. The number of aryl methyl sites for hydroxylation is 2. The third-order valence-electron chi connectivity index (χ3n) is 5.96. The minimum Gasteiger partial charge on any atom is -0.450 e. The Hall–Kier alpha value is -3.84. The van der Waals surface area contributed by atoms with Crippen LogP contribution in [0.15, 0.2) is 69.9 Å². The monoisotopic (exact) mass is 456 g/mol. The zero-order valence-electron chi connectivity index (χ0n) is 17.8. The molecule has 33 heavy (non-hydrogen) atoms. The second-order valence-electron chi connectivity index (χ2n) is 8.27. The van der Waals surface area contributed by atoms with E-state index in [1.54, 1.807) is 18.2 Å². The molecule has 0 bridgehead atoms. The first-order valence-electron chi connectivity index (χ1n) is 10.4. The van der Waals surface area contributed by atoms with Crippen LogP contribution < -0.4 is 10.3 Å². The number of hydrogen-bond acceptors (Lipinski definition) is 5. The quantitative estimate of drug-likeness (QED) is 0.331. The van der Waals surface area contributed by atoms with Gasteiger partial charge in [-0.05, 0) is 49.7 Å². The Kier molecular flexibility index (Phi) is 4.25. The predicted octanol–water partition coefficient (Wildman–Crippen LogP) is 5.91. The third-order valence-corrected chi connectivity index (χ3v) is 6.98. The van der Waals surface area contributed by atoms with Gasteiger partial charge in [-0.15, -0.1) is 0 Å². The Morgan fingerprint density at radius 2 is 1.73 bits per heavy atom. The molecule has 6 rings (SSSR count). The van der Waals surface area contributed by atoms with E-state index >= 15 is 0 Å². The normalized spacial score (nSPS) is 15.5. The average molecular weight is 456 g/mol. The van der Waals surface area contributed by atoms with E-state index in [-0.39, 0.29) is 17.0 Å². The summed E-state index contributed by atoms with van der Waals surface area (Å²) in [5, 5.41) is 0.823. The molecule has 1 atom stereocenters. The number of anilines is 1. The maximum atomic E-state index is 13.8. The molecule has 7 heteroatoms. The topological polar surface area (TPSA) is 63.4 Å². The van der Waals surface area contributed by atoms with E-state index in [0.717, 1.165) is 16.7 Å². The summed E-state index contributed by atoms with van der Waals surface area (Å²) in [5.41, 5.74) is 3.78. The van der Waals surface area contributed by atoms with Gasteiger partial charge in [0, 0.05) is 0 Å². The second kappa shape index (κ2) is 7.08. The number of benzene rings is 3. The van der Waals surface area contributed by atoms with Crippen molar-refractivity contribution in [2.75, 3.05) is 4.90 Å². The first-order chi connectivity index (χ1) is 15.9. The zero-order valence-corrected chi connectivity index (χ0v) is 18.6. The number of aromatic nitrogens is 1. The van der Waals surface area contributed by atoms with Crippen molar-refractivity contribution >= 4 is 43.6 Å². The first-order valence-corrected chi connectivity index (χ1v) is 11.3. The molecule has 0 N–H and O–H groups in total. The second-order valence-corrected chi connectivity index (χ2v) is 9.28. The van der Waals surface area contributed by atoms with Crippen LogP contribution in [0.1, 0.15) is 38.9 Å². The predicted molar refractivity (Wildman–Crippen MR) is 127 cm³/mol. The van der Waals surface area contributed by atoms with Gasteiger partial charge in [0.1, 0.15) is 11.4 Å². The van der Waals surface area contributed by atoms with Crippen LogP contribution in [-0.4, -0.2) is 10.9 Å².